The third-order valence-electron chi connectivity index (χ3n) is 5.30. The van der Waals surface area contributed by atoms with Crippen molar-refractivity contribution >= 4 is 17.4 Å². The van der Waals surface area contributed by atoms with E-state index in [-0.39, 0.29) is 17.1 Å². The lowest BCUT2D eigenvalue weighted by molar-refractivity contribution is -0.116. The van der Waals surface area contributed by atoms with E-state index in [9.17, 15) is 9.59 Å². The smallest absolute Gasteiger partial charge is 0.223 e. The van der Waals surface area contributed by atoms with E-state index in [4.69, 9.17) is 0 Å². The fourth-order valence-corrected chi connectivity index (χ4v) is 3.65. The lowest BCUT2D eigenvalue weighted by Gasteiger charge is -2.39. The quantitative estimate of drug-likeness (QED) is 0.830. The summed E-state index contributed by atoms with van der Waals surface area (Å²) in [7, 11) is 0. The van der Waals surface area contributed by atoms with Gasteiger partial charge in [0.1, 0.15) is 0 Å². The van der Waals surface area contributed by atoms with Gasteiger partial charge < -0.3 is 9.88 Å². The average molecular weight is 338 g/mol. The molecule has 0 saturated heterocycles. The van der Waals surface area contributed by atoms with Crippen molar-refractivity contribution in [3.05, 3.63) is 41.1 Å². The highest BCUT2D eigenvalue weighted by Gasteiger charge is 2.33. The number of hydrogen-bond acceptors (Lipinski definition) is 2. The standard InChI is InChI=1S/C21H26N2O2/c1-6-20(25)16-12-18(22-13(16)2)15-7-8-19-17(11-15)21(4,5)9-10-23(19)14(3)24/h7-8,11-12,22H,6,9-10H2,1-5H3. The third-order valence-corrected chi connectivity index (χ3v) is 5.30. The summed E-state index contributed by atoms with van der Waals surface area (Å²) in [5.41, 5.74) is 5.87. The minimum absolute atomic E-state index is 0.0149. The lowest BCUT2D eigenvalue weighted by atomic mass is 9.77. The lowest BCUT2D eigenvalue weighted by Crippen LogP contribution is -2.39. The molecule has 3 rings (SSSR count). The Morgan fingerprint density at radius 1 is 1.24 bits per heavy atom. The molecule has 0 fully saturated rings. The zero-order valence-corrected chi connectivity index (χ0v) is 15.7. The number of nitrogens with zero attached hydrogens (tertiary/aromatic N) is 1. The van der Waals surface area contributed by atoms with Crippen LogP contribution in [0, 0.1) is 6.92 Å². The van der Waals surface area contributed by atoms with Gasteiger partial charge in [-0.15, -0.1) is 0 Å². The van der Waals surface area contributed by atoms with E-state index < -0.39 is 0 Å². The Labute approximate surface area is 149 Å². The van der Waals surface area contributed by atoms with Gasteiger partial charge in [-0.25, -0.2) is 0 Å². The van der Waals surface area contributed by atoms with Crippen LogP contribution >= 0.6 is 0 Å². The van der Waals surface area contributed by atoms with Gasteiger partial charge in [0.25, 0.3) is 0 Å². The second-order valence-electron chi connectivity index (χ2n) is 7.53. The molecule has 0 radical (unpaired) electrons. The molecule has 0 atom stereocenters. The molecule has 0 saturated carbocycles. The van der Waals surface area contributed by atoms with Crippen LogP contribution in [0.4, 0.5) is 5.69 Å². The van der Waals surface area contributed by atoms with Gasteiger partial charge in [-0.05, 0) is 48.1 Å². The van der Waals surface area contributed by atoms with Gasteiger partial charge in [0.2, 0.25) is 5.91 Å². The van der Waals surface area contributed by atoms with Crippen molar-refractivity contribution < 1.29 is 9.59 Å². The summed E-state index contributed by atoms with van der Waals surface area (Å²) in [5, 5.41) is 0. The number of benzene rings is 1. The van der Waals surface area contributed by atoms with Crippen LogP contribution in [0.3, 0.4) is 0 Å². The van der Waals surface area contributed by atoms with Crippen LogP contribution in [0.25, 0.3) is 11.3 Å². The van der Waals surface area contributed by atoms with Gasteiger partial charge in [-0.3, -0.25) is 9.59 Å². The highest BCUT2D eigenvalue weighted by Crippen LogP contribution is 2.41. The number of hydrogen-bond donors (Lipinski definition) is 1. The van der Waals surface area contributed by atoms with Crippen LogP contribution in [-0.2, 0) is 10.2 Å². The van der Waals surface area contributed by atoms with Crippen LogP contribution in [0.2, 0.25) is 0 Å². The SMILES string of the molecule is CCC(=O)c1cc(-c2ccc3c(c2)C(C)(C)CCN3C(C)=O)[nH]c1C. The number of aryl methyl sites for hydroxylation is 1. The van der Waals surface area contributed by atoms with E-state index in [1.54, 1.807) is 6.92 Å². The summed E-state index contributed by atoms with van der Waals surface area (Å²) < 4.78 is 0. The summed E-state index contributed by atoms with van der Waals surface area (Å²) >= 11 is 0. The topological polar surface area (TPSA) is 53.2 Å². The Kier molecular flexibility index (Phi) is 4.31. The summed E-state index contributed by atoms with van der Waals surface area (Å²) in [6, 6.07) is 8.17. The third kappa shape index (κ3) is 3.01. The largest absolute Gasteiger partial charge is 0.358 e. The monoisotopic (exact) mass is 338 g/mol. The number of carbonyl (C=O) groups is 2. The molecule has 1 aliphatic rings. The molecule has 4 heteroatoms. The van der Waals surface area contributed by atoms with Crippen LogP contribution < -0.4 is 4.90 Å². The van der Waals surface area contributed by atoms with Gasteiger partial charge in [0.15, 0.2) is 5.78 Å². The maximum atomic E-state index is 12.1. The van der Waals surface area contributed by atoms with Crippen LogP contribution in [-0.4, -0.2) is 23.2 Å². The number of amides is 1. The first-order chi connectivity index (χ1) is 11.7. The number of aromatic nitrogens is 1. The molecule has 132 valence electrons. The van der Waals surface area contributed by atoms with Crippen molar-refractivity contribution in [2.45, 2.75) is 52.9 Å². The predicted octanol–water partition coefficient (Wildman–Crippen LogP) is 4.62. The Balaban J connectivity index is 2.09. The van der Waals surface area contributed by atoms with E-state index in [2.05, 4.69) is 24.9 Å². The van der Waals surface area contributed by atoms with E-state index >= 15 is 0 Å². The minimum Gasteiger partial charge on any atom is -0.358 e. The highest BCUT2D eigenvalue weighted by atomic mass is 16.2. The molecule has 1 aromatic carbocycles. The van der Waals surface area contributed by atoms with Gasteiger partial charge >= 0.3 is 0 Å². The Morgan fingerprint density at radius 3 is 2.60 bits per heavy atom. The van der Waals surface area contributed by atoms with E-state index in [1.807, 2.05) is 36.9 Å². The molecule has 4 nitrogen and oxygen atoms in total. The first-order valence-electron chi connectivity index (χ1n) is 8.90. The molecule has 0 unspecified atom stereocenters. The first-order valence-corrected chi connectivity index (χ1v) is 8.90. The van der Waals surface area contributed by atoms with Gasteiger partial charge in [0.05, 0.1) is 0 Å². The number of Topliss-reactive ketones (excluding diaryl/α,β-unsaturated/α-hetero) is 1. The number of H-pyrrole nitrogens is 1. The summed E-state index contributed by atoms with van der Waals surface area (Å²) in [5.74, 6) is 0.233. The van der Waals surface area contributed by atoms with Gasteiger partial charge in [0, 0.05) is 42.5 Å². The molecule has 1 aliphatic heterocycles. The van der Waals surface area contributed by atoms with Crippen molar-refractivity contribution in [1.82, 2.24) is 4.98 Å². The van der Waals surface area contributed by atoms with Gasteiger partial charge in [-0.2, -0.15) is 0 Å². The number of anilines is 1. The molecule has 0 bridgehead atoms. The van der Waals surface area contributed by atoms with E-state index in [0.717, 1.165) is 41.2 Å². The average Bonchev–Trinajstić information content (AvgIpc) is 2.95. The molecule has 0 spiro atoms. The molecular weight excluding hydrogens is 312 g/mol. The van der Waals surface area contributed by atoms with E-state index in [0.29, 0.717) is 6.42 Å². The second kappa shape index (κ2) is 6.17. The molecule has 1 N–H and O–H groups in total. The van der Waals surface area contributed by atoms with E-state index in [1.165, 1.54) is 5.56 Å². The van der Waals surface area contributed by atoms with Crippen molar-refractivity contribution in [2.75, 3.05) is 11.4 Å². The first kappa shape index (κ1) is 17.5. The number of carbonyl (C=O) groups excluding carboxylic acids is 2. The molecule has 2 heterocycles. The maximum Gasteiger partial charge on any atom is 0.223 e. The molecule has 1 aromatic heterocycles. The summed E-state index contributed by atoms with van der Waals surface area (Å²) in [6.45, 7) is 10.6. The number of nitrogens with one attached hydrogen (secondary N) is 1. The van der Waals surface area contributed by atoms with Crippen LogP contribution in [0.1, 0.15) is 62.2 Å². The fraction of sp³-hybridized carbons (Fsp3) is 0.429. The van der Waals surface area contributed by atoms with Crippen molar-refractivity contribution in [3.63, 3.8) is 0 Å². The zero-order chi connectivity index (χ0) is 18.4. The Morgan fingerprint density at radius 2 is 1.96 bits per heavy atom. The molecular formula is C21H26N2O2. The normalized spacial score (nSPS) is 15.8. The van der Waals surface area contributed by atoms with Gasteiger partial charge in [-0.1, -0.05) is 26.8 Å². The summed E-state index contributed by atoms with van der Waals surface area (Å²) in [6.07, 6.45) is 1.44. The fourth-order valence-electron chi connectivity index (χ4n) is 3.65. The van der Waals surface area contributed by atoms with Crippen molar-refractivity contribution in [1.29, 1.82) is 0 Å². The van der Waals surface area contributed by atoms with Crippen LogP contribution in [0.5, 0.6) is 0 Å². The predicted molar refractivity (Wildman–Crippen MR) is 101 cm³/mol. The molecule has 2 aromatic rings. The maximum absolute atomic E-state index is 12.1. The Bertz CT molecular complexity index is 846. The number of rotatable bonds is 3. The second-order valence-corrected chi connectivity index (χ2v) is 7.53. The number of ketones is 1. The number of aromatic amines is 1. The summed E-state index contributed by atoms with van der Waals surface area (Å²) in [4.78, 5) is 29.2. The molecule has 1 amide bonds. The zero-order valence-electron chi connectivity index (χ0n) is 15.7. The molecule has 25 heavy (non-hydrogen) atoms. The Hall–Kier alpha value is -2.36. The van der Waals surface area contributed by atoms with Crippen molar-refractivity contribution in [2.24, 2.45) is 0 Å². The molecule has 0 aliphatic carbocycles. The van der Waals surface area contributed by atoms with Crippen LogP contribution in [0.15, 0.2) is 24.3 Å². The number of fused-ring (bicyclic) bond motifs is 1. The minimum atomic E-state index is 0.0149. The van der Waals surface area contributed by atoms with Crippen molar-refractivity contribution in [3.8, 4) is 11.3 Å². The highest BCUT2D eigenvalue weighted by molar-refractivity contribution is 5.98.